The van der Waals surface area contributed by atoms with Crippen LogP contribution < -0.4 is 10.2 Å². The van der Waals surface area contributed by atoms with Crippen LogP contribution in [0.4, 0.5) is 30.2 Å². The highest BCUT2D eigenvalue weighted by molar-refractivity contribution is 5.76. The van der Waals surface area contributed by atoms with Crippen LogP contribution in [0.5, 0.6) is 0 Å². The molecule has 2 heterocycles. The molecule has 2 saturated heterocycles. The third kappa shape index (κ3) is 8.08. The fourth-order valence-electron chi connectivity index (χ4n) is 5.19. The number of benzene rings is 2. The van der Waals surface area contributed by atoms with Crippen LogP contribution in [0.2, 0.25) is 0 Å². The molecular weight excluding hydrogens is 511 g/mol. The van der Waals surface area contributed by atoms with E-state index in [-0.39, 0.29) is 25.1 Å². The molecule has 0 bridgehead atoms. The van der Waals surface area contributed by atoms with Gasteiger partial charge in [-0.3, -0.25) is 19.8 Å². The molecule has 0 atom stereocenters. The van der Waals surface area contributed by atoms with Crippen molar-refractivity contribution in [1.82, 2.24) is 9.80 Å². The minimum absolute atomic E-state index is 0. The molecule has 0 spiro atoms. The highest BCUT2D eigenvalue weighted by Gasteiger charge is 2.38. The summed E-state index contributed by atoms with van der Waals surface area (Å²) < 4.78 is 39.7. The Bertz CT molecular complexity index is 1130. The van der Waals surface area contributed by atoms with Gasteiger partial charge in [-0.1, -0.05) is 19.6 Å². The molecule has 0 saturated carbocycles. The Morgan fingerprint density at radius 2 is 1.74 bits per heavy atom. The summed E-state index contributed by atoms with van der Waals surface area (Å²) in [7, 11) is 0. The van der Waals surface area contributed by atoms with E-state index in [0.29, 0.717) is 32.4 Å². The minimum Gasteiger partial charge on any atom is -0.382 e. The van der Waals surface area contributed by atoms with Gasteiger partial charge in [-0.15, -0.1) is 0 Å². The molecule has 39 heavy (non-hydrogen) atoms. The third-order valence-electron chi connectivity index (χ3n) is 7.32. The lowest BCUT2D eigenvalue weighted by Gasteiger charge is -2.36. The van der Waals surface area contributed by atoms with E-state index < -0.39 is 22.4 Å². The molecule has 1 N–H and O–H groups in total. The number of piperidine rings is 1. The highest BCUT2D eigenvalue weighted by atomic mass is 19.4. The van der Waals surface area contributed by atoms with Crippen molar-refractivity contribution >= 4 is 23.0 Å². The van der Waals surface area contributed by atoms with E-state index in [9.17, 15) is 28.1 Å². The Hall–Kier alpha value is -3.34. The van der Waals surface area contributed by atoms with Crippen LogP contribution in [0.3, 0.4) is 0 Å². The first kappa shape index (κ1) is 30.2. The quantitative estimate of drug-likeness (QED) is 0.343. The zero-order valence-electron chi connectivity index (χ0n) is 21.5. The van der Waals surface area contributed by atoms with Crippen molar-refractivity contribution in [2.24, 2.45) is 0 Å². The Kier molecular flexibility index (Phi) is 10.2. The topological polar surface area (TPSA) is 82.0 Å². The number of hydrogen-bond acceptors (Lipinski definition) is 6. The van der Waals surface area contributed by atoms with E-state index >= 15 is 0 Å². The predicted octanol–water partition coefficient (Wildman–Crippen LogP) is 5.56. The second-order valence-corrected chi connectivity index (χ2v) is 10.1. The van der Waals surface area contributed by atoms with Crippen molar-refractivity contribution < 1.29 is 22.9 Å². The van der Waals surface area contributed by atoms with Crippen LogP contribution in [0.15, 0.2) is 42.5 Å². The average molecular weight is 550 g/mol. The van der Waals surface area contributed by atoms with Crippen molar-refractivity contribution in [1.29, 1.82) is 0 Å². The molecule has 2 aliphatic rings. The first-order valence-electron chi connectivity index (χ1n) is 13.0. The smallest absolute Gasteiger partial charge is 0.382 e. The summed E-state index contributed by atoms with van der Waals surface area (Å²) in [6.07, 6.45) is -2.33. The van der Waals surface area contributed by atoms with Gasteiger partial charge in [0, 0.05) is 69.2 Å². The molecule has 2 aromatic rings. The first-order valence-corrected chi connectivity index (χ1v) is 13.0. The minimum atomic E-state index is -4.82. The summed E-state index contributed by atoms with van der Waals surface area (Å²) in [4.78, 5) is 29.3. The lowest BCUT2D eigenvalue weighted by Crippen LogP contribution is -2.47. The number of halogens is 3. The number of nitro groups is 1. The van der Waals surface area contributed by atoms with Gasteiger partial charge in [-0.25, -0.2) is 0 Å². The van der Waals surface area contributed by atoms with E-state index in [4.69, 9.17) is 0 Å². The number of likely N-dealkylation sites (tertiary alicyclic amines) is 1. The number of rotatable bonds is 8. The van der Waals surface area contributed by atoms with Crippen LogP contribution in [-0.2, 0) is 11.0 Å². The number of hydrogen-bond donors (Lipinski definition) is 1. The molecule has 0 aromatic heterocycles. The highest BCUT2D eigenvalue weighted by Crippen LogP contribution is 2.38. The summed E-state index contributed by atoms with van der Waals surface area (Å²) in [5.41, 5.74) is 0.473. The summed E-state index contributed by atoms with van der Waals surface area (Å²) in [5, 5.41) is 14.0. The van der Waals surface area contributed by atoms with Gasteiger partial charge >= 0.3 is 6.18 Å². The van der Waals surface area contributed by atoms with Crippen molar-refractivity contribution in [3.05, 3.63) is 63.7 Å². The SMILES string of the molecule is C.Cc1cccc(N2CCN(CCCC(=O)N3CCC(Nc4ccc([N+](=O)[O-])c(C(F)(F)F)c4)CC3)CC2)c1. The number of nitrogens with zero attached hydrogens (tertiary/aromatic N) is 4. The van der Waals surface area contributed by atoms with Gasteiger partial charge in [0.25, 0.3) is 5.69 Å². The van der Waals surface area contributed by atoms with Crippen LogP contribution in [-0.4, -0.2) is 72.5 Å². The average Bonchev–Trinajstić information content (AvgIpc) is 2.89. The summed E-state index contributed by atoms with van der Waals surface area (Å²) in [5.74, 6) is 0.108. The summed E-state index contributed by atoms with van der Waals surface area (Å²) >= 11 is 0. The molecule has 2 fully saturated rings. The maximum Gasteiger partial charge on any atom is 0.423 e. The van der Waals surface area contributed by atoms with Crippen molar-refractivity contribution in [3.63, 3.8) is 0 Å². The molecular formula is C28H38F3N5O3. The van der Waals surface area contributed by atoms with Crippen LogP contribution in [0.25, 0.3) is 0 Å². The van der Waals surface area contributed by atoms with Gasteiger partial charge in [0.1, 0.15) is 5.56 Å². The van der Waals surface area contributed by atoms with Crippen molar-refractivity contribution in [2.75, 3.05) is 56.0 Å². The number of aryl methyl sites for hydroxylation is 1. The van der Waals surface area contributed by atoms with Gasteiger partial charge in [-0.05, 0) is 62.6 Å². The maximum atomic E-state index is 13.2. The number of anilines is 2. The van der Waals surface area contributed by atoms with E-state index in [1.54, 1.807) is 0 Å². The van der Waals surface area contributed by atoms with Crippen LogP contribution >= 0.6 is 0 Å². The number of nitro benzene ring substituents is 1. The molecule has 11 heteroatoms. The standard InChI is InChI=1S/C27H34F3N5O3.CH4/c1-20-4-2-5-23(18-20)33-16-14-32(15-17-33)11-3-6-26(36)34-12-9-21(10-13-34)31-22-7-8-25(35(37)38)24(19-22)27(28,29)30;/h2,4-5,7-8,18-19,21,31H,3,6,9-17H2,1H3;1H4. The number of carbonyl (C=O) groups is 1. The number of nitrogens with one attached hydrogen (secondary N) is 1. The lowest BCUT2D eigenvalue weighted by atomic mass is 10.0. The van der Waals surface area contributed by atoms with Gasteiger partial charge in [0.05, 0.1) is 4.92 Å². The van der Waals surface area contributed by atoms with Crippen LogP contribution in [0.1, 0.15) is 44.2 Å². The number of alkyl halides is 3. The monoisotopic (exact) mass is 549 g/mol. The number of carbonyl (C=O) groups excluding carboxylic acids is 1. The predicted molar refractivity (Wildman–Crippen MR) is 147 cm³/mol. The van der Waals surface area contributed by atoms with E-state index in [2.05, 4.69) is 46.3 Å². The lowest BCUT2D eigenvalue weighted by molar-refractivity contribution is -0.388. The number of piperazine rings is 1. The van der Waals surface area contributed by atoms with E-state index in [1.807, 2.05) is 4.90 Å². The molecule has 4 rings (SSSR count). The Morgan fingerprint density at radius 1 is 1.05 bits per heavy atom. The second-order valence-electron chi connectivity index (χ2n) is 10.1. The molecule has 2 aliphatic heterocycles. The molecule has 214 valence electrons. The van der Waals surface area contributed by atoms with Gasteiger partial charge < -0.3 is 15.1 Å². The van der Waals surface area contributed by atoms with Crippen molar-refractivity contribution in [2.45, 2.75) is 52.3 Å². The van der Waals surface area contributed by atoms with E-state index in [0.717, 1.165) is 51.3 Å². The zero-order valence-corrected chi connectivity index (χ0v) is 21.5. The maximum absolute atomic E-state index is 13.2. The molecule has 0 radical (unpaired) electrons. The van der Waals surface area contributed by atoms with Gasteiger partial charge in [0.15, 0.2) is 0 Å². The summed E-state index contributed by atoms with van der Waals surface area (Å²) in [6.45, 7) is 7.93. The molecule has 1 amide bonds. The summed E-state index contributed by atoms with van der Waals surface area (Å²) in [6, 6.07) is 11.4. The Morgan fingerprint density at radius 3 is 2.36 bits per heavy atom. The largest absolute Gasteiger partial charge is 0.423 e. The number of amides is 1. The molecule has 8 nitrogen and oxygen atoms in total. The molecule has 0 unspecified atom stereocenters. The second kappa shape index (κ2) is 13.1. The normalized spacial score (nSPS) is 17.0. The first-order chi connectivity index (χ1) is 18.1. The Balaban J connectivity index is 0.00000420. The van der Waals surface area contributed by atoms with Crippen molar-refractivity contribution in [3.8, 4) is 0 Å². The van der Waals surface area contributed by atoms with Crippen LogP contribution in [0, 0.1) is 17.0 Å². The molecule has 0 aliphatic carbocycles. The Labute approximate surface area is 227 Å². The fourth-order valence-corrected chi connectivity index (χ4v) is 5.19. The fraction of sp³-hybridized carbons (Fsp3) is 0.536. The molecule has 2 aromatic carbocycles. The zero-order chi connectivity index (χ0) is 27.3. The van der Waals surface area contributed by atoms with E-state index in [1.165, 1.54) is 17.3 Å². The van der Waals surface area contributed by atoms with Gasteiger partial charge in [0.2, 0.25) is 5.91 Å². The van der Waals surface area contributed by atoms with Gasteiger partial charge in [-0.2, -0.15) is 13.2 Å². The third-order valence-corrected chi connectivity index (χ3v) is 7.32.